The van der Waals surface area contributed by atoms with Crippen molar-refractivity contribution in [2.75, 3.05) is 7.11 Å². The van der Waals surface area contributed by atoms with Gasteiger partial charge < -0.3 is 9.15 Å². The smallest absolute Gasteiger partial charge is 0.305 e. The number of amides is 2. The van der Waals surface area contributed by atoms with E-state index in [0.717, 1.165) is 0 Å². The van der Waals surface area contributed by atoms with Crippen molar-refractivity contribution in [1.29, 1.82) is 0 Å². The molecule has 1 aromatic heterocycles. The van der Waals surface area contributed by atoms with Crippen LogP contribution in [0.3, 0.4) is 0 Å². The highest BCUT2D eigenvalue weighted by Gasteiger charge is 2.11. The fraction of sp³-hybridized carbons (Fsp3) is 0.143. The average Bonchev–Trinajstić information content (AvgIpc) is 2.91. The van der Waals surface area contributed by atoms with Crippen LogP contribution in [0.15, 0.2) is 40.8 Å². The van der Waals surface area contributed by atoms with Gasteiger partial charge in [0.25, 0.3) is 5.91 Å². The van der Waals surface area contributed by atoms with Crippen LogP contribution < -0.4 is 15.6 Å². The summed E-state index contributed by atoms with van der Waals surface area (Å²) in [7, 11) is 1.54. The van der Waals surface area contributed by atoms with Crippen LogP contribution in [0.4, 0.5) is 0 Å². The predicted octanol–water partition coefficient (Wildman–Crippen LogP) is 1.67. The maximum absolute atomic E-state index is 11.8. The van der Waals surface area contributed by atoms with Gasteiger partial charge in [0.15, 0.2) is 5.76 Å². The molecule has 0 spiro atoms. The summed E-state index contributed by atoms with van der Waals surface area (Å²) in [5.41, 5.74) is 4.98. The van der Waals surface area contributed by atoms with Crippen molar-refractivity contribution in [3.05, 3.63) is 53.5 Å². The van der Waals surface area contributed by atoms with E-state index in [2.05, 4.69) is 10.9 Å². The van der Waals surface area contributed by atoms with Gasteiger partial charge in [-0.2, -0.15) is 0 Å². The minimum absolute atomic E-state index is 0.137. The topological polar surface area (TPSA) is 80.6 Å². The lowest BCUT2D eigenvalue weighted by Gasteiger charge is -2.06. The van der Waals surface area contributed by atoms with Crippen molar-refractivity contribution < 1.29 is 18.7 Å². The Labute approximate surface area is 115 Å². The molecular formula is C14H14N2O4. The third-order valence-corrected chi connectivity index (χ3v) is 2.61. The highest BCUT2D eigenvalue weighted by molar-refractivity contribution is 5.98. The molecule has 20 heavy (non-hydrogen) atoms. The first-order valence-corrected chi connectivity index (χ1v) is 5.91. The zero-order valence-electron chi connectivity index (χ0n) is 11.1. The fourth-order valence-electron chi connectivity index (χ4n) is 1.55. The van der Waals surface area contributed by atoms with Gasteiger partial charge in [-0.05, 0) is 43.3 Å². The summed E-state index contributed by atoms with van der Waals surface area (Å²) >= 11 is 0. The molecule has 6 nitrogen and oxygen atoms in total. The molecule has 0 aliphatic rings. The van der Waals surface area contributed by atoms with E-state index < -0.39 is 11.8 Å². The number of carbonyl (C=O) groups is 2. The number of ether oxygens (including phenoxy) is 1. The van der Waals surface area contributed by atoms with E-state index in [-0.39, 0.29) is 5.76 Å². The fourth-order valence-corrected chi connectivity index (χ4v) is 1.55. The molecule has 0 aliphatic heterocycles. The summed E-state index contributed by atoms with van der Waals surface area (Å²) in [6, 6.07) is 9.71. The molecule has 0 atom stereocenters. The maximum Gasteiger partial charge on any atom is 0.305 e. The van der Waals surface area contributed by atoms with E-state index in [4.69, 9.17) is 9.15 Å². The van der Waals surface area contributed by atoms with Gasteiger partial charge >= 0.3 is 5.91 Å². The van der Waals surface area contributed by atoms with E-state index in [1.54, 1.807) is 44.4 Å². The summed E-state index contributed by atoms with van der Waals surface area (Å²) in [5, 5.41) is 0. The molecule has 0 bridgehead atoms. The van der Waals surface area contributed by atoms with Crippen LogP contribution in [-0.4, -0.2) is 18.9 Å². The normalized spacial score (nSPS) is 9.90. The van der Waals surface area contributed by atoms with Crippen molar-refractivity contribution in [1.82, 2.24) is 10.9 Å². The van der Waals surface area contributed by atoms with Crippen LogP contribution in [0.5, 0.6) is 5.75 Å². The molecule has 0 radical (unpaired) electrons. The Bertz CT molecular complexity index is 616. The Kier molecular flexibility index (Phi) is 4.05. The molecule has 2 N–H and O–H groups in total. The molecular weight excluding hydrogens is 260 g/mol. The van der Waals surface area contributed by atoms with E-state index in [1.165, 1.54) is 6.07 Å². The SMILES string of the molecule is COc1ccc(C(=O)NNC(=O)c2ccc(C)o2)cc1. The van der Waals surface area contributed by atoms with Crippen LogP contribution in [-0.2, 0) is 0 Å². The third-order valence-electron chi connectivity index (χ3n) is 2.61. The lowest BCUT2D eigenvalue weighted by molar-refractivity contribution is 0.0830. The van der Waals surface area contributed by atoms with E-state index in [9.17, 15) is 9.59 Å². The highest BCUT2D eigenvalue weighted by atomic mass is 16.5. The number of rotatable bonds is 3. The highest BCUT2D eigenvalue weighted by Crippen LogP contribution is 2.11. The second-order valence-electron chi connectivity index (χ2n) is 4.05. The number of nitrogens with one attached hydrogen (secondary N) is 2. The van der Waals surface area contributed by atoms with Gasteiger partial charge in [0, 0.05) is 5.56 Å². The van der Waals surface area contributed by atoms with Crippen molar-refractivity contribution >= 4 is 11.8 Å². The molecule has 2 rings (SSSR count). The standard InChI is InChI=1S/C14H14N2O4/c1-9-3-8-12(20-9)14(18)16-15-13(17)10-4-6-11(19-2)7-5-10/h3-8H,1-2H3,(H,15,17)(H,16,18). The van der Waals surface area contributed by atoms with Crippen LogP contribution in [0.2, 0.25) is 0 Å². The molecule has 6 heteroatoms. The first kappa shape index (κ1) is 13.7. The third kappa shape index (κ3) is 3.17. The zero-order chi connectivity index (χ0) is 14.5. The van der Waals surface area contributed by atoms with Gasteiger partial charge in [0.2, 0.25) is 0 Å². The van der Waals surface area contributed by atoms with Gasteiger partial charge in [0.1, 0.15) is 11.5 Å². The minimum atomic E-state index is -0.514. The molecule has 0 unspecified atom stereocenters. The summed E-state index contributed by atoms with van der Waals surface area (Å²) < 4.78 is 10.1. The maximum atomic E-state index is 11.8. The van der Waals surface area contributed by atoms with Crippen LogP contribution in [0.1, 0.15) is 26.7 Å². The number of aryl methyl sites for hydroxylation is 1. The lowest BCUT2D eigenvalue weighted by Crippen LogP contribution is -2.41. The Balaban J connectivity index is 1.92. The quantitative estimate of drug-likeness (QED) is 0.834. The van der Waals surface area contributed by atoms with Crippen LogP contribution in [0, 0.1) is 6.92 Å². The summed E-state index contributed by atoms with van der Waals surface area (Å²) in [6.45, 7) is 1.73. The van der Waals surface area contributed by atoms with E-state index >= 15 is 0 Å². The van der Waals surface area contributed by atoms with Gasteiger partial charge in [-0.15, -0.1) is 0 Å². The average molecular weight is 274 g/mol. The summed E-state index contributed by atoms with van der Waals surface area (Å²) in [5.74, 6) is 0.468. The van der Waals surface area contributed by atoms with Crippen molar-refractivity contribution in [2.24, 2.45) is 0 Å². The lowest BCUT2D eigenvalue weighted by atomic mass is 10.2. The molecule has 0 aliphatic carbocycles. The van der Waals surface area contributed by atoms with Crippen LogP contribution >= 0.6 is 0 Å². The Hall–Kier alpha value is -2.76. The van der Waals surface area contributed by atoms with E-state index in [0.29, 0.717) is 17.1 Å². The van der Waals surface area contributed by atoms with Gasteiger partial charge in [-0.25, -0.2) is 0 Å². The molecule has 2 amide bonds. The molecule has 0 saturated carbocycles. The Morgan fingerprint density at radius 2 is 1.65 bits per heavy atom. The van der Waals surface area contributed by atoms with E-state index in [1.807, 2.05) is 0 Å². The molecule has 1 heterocycles. The number of carbonyl (C=O) groups excluding carboxylic acids is 2. The number of benzene rings is 1. The Morgan fingerprint density at radius 3 is 2.20 bits per heavy atom. The van der Waals surface area contributed by atoms with Gasteiger partial charge in [-0.1, -0.05) is 0 Å². The van der Waals surface area contributed by atoms with Gasteiger partial charge in [0.05, 0.1) is 7.11 Å². The minimum Gasteiger partial charge on any atom is -0.497 e. The molecule has 2 aromatic rings. The number of hydrazine groups is 1. The number of hydrogen-bond donors (Lipinski definition) is 2. The second kappa shape index (κ2) is 5.92. The molecule has 104 valence electrons. The van der Waals surface area contributed by atoms with Crippen molar-refractivity contribution in [3.8, 4) is 5.75 Å². The monoisotopic (exact) mass is 274 g/mol. The van der Waals surface area contributed by atoms with Crippen molar-refractivity contribution in [2.45, 2.75) is 6.92 Å². The molecule has 0 saturated heterocycles. The van der Waals surface area contributed by atoms with Crippen molar-refractivity contribution in [3.63, 3.8) is 0 Å². The van der Waals surface area contributed by atoms with Crippen LogP contribution in [0.25, 0.3) is 0 Å². The number of furan rings is 1. The summed E-state index contributed by atoms with van der Waals surface area (Å²) in [6.07, 6.45) is 0. The predicted molar refractivity (Wildman–Crippen MR) is 71.4 cm³/mol. The number of hydrogen-bond acceptors (Lipinski definition) is 4. The number of methoxy groups -OCH3 is 1. The summed E-state index contributed by atoms with van der Waals surface area (Å²) in [4.78, 5) is 23.4. The first-order chi connectivity index (χ1) is 9.60. The Morgan fingerprint density at radius 1 is 1.00 bits per heavy atom. The molecule has 1 aromatic carbocycles. The largest absolute Gasteiger partial charge is 0.497 e. The molecule has 0 fully saturated rings. The zero-order valence-corrected chi connectivity index (χ0v) is 11.1. The first-order valence-electron chi connectivity index (χ1n) is 5.91. The van der Waals surface area contributed by atoms with Gasteiger partial charge in [-0.3, -0.25) is 20.4 Å². The second-order valence-corrected chi connectivity index (χ2v) is 4.05.